The van der Waals surface area contributed by atoms with Crippen molar-refractivity contribution >= 4 is 22.9 Å². The van der Waals surface area contributed by atoms with Crippen molar-refractivity contribution in [1.29, 1.82) is 0 Å². The average Bonchev–Trinajstić information content (AvgIpc) is 3.27. The van der Waals surface area contributed by atoms with Crippen LogP contribution in [0.15, 0.2) is 29.6 Å². The van der Waals surface area contributed by atoms with Gasteiger partial charge in [-0.3, -0.25) is 4.79 Å². The molecule has 0 atom stereocenters. The normalized spacial score (nSPS) is 10.9. The molecule has 0 spiro atoms. The Morgan fingerprint density at radius 3 is 2.86 bits per heavy atom. The van der Waals surface area contributed by atoms with Crippen molar-refractivity contribution < 1.29 is 9.53 Å². The maximum absolute atomic E-state index is 12.4. The summed E-state index contributed by atoms with van der Waals surface area (Å²) < 4.78 is 7.10. The number of thiazole rings is 1. The number of benzene rings is 1. The summed E-state index contributed by atoms with van der Waals surface area (Å²) in [6, 6.07) is 7.31. The van der Waals surface area contributed by atoms with Crippen LogP contribution in [-0.4, -0.2) is 27.8 Å². The largest absolute Gasteiger partial charge is 0.497 e. The molecule has 0 saturated heterocycles. The van der Waals surface area contributed by atoms with Crippen LogP contribution in [0.5, 0.6) is 5.75 Å². The lowest BCUT2D eigenvalue weighted by atomic mass is 10.1. The number of nitrogens with one attached hydrogen (secondary N) is 1. The van der Waals surface area contributed by atoms with Gasteiger partial charge in [-0.2, -0.15) is 5.10 Å². The Hall–Kier alpha value is -2.67. The number of anilines is 1. The number of methoxy groups -OCH3 is 1. The molecule has 0 radical (unpaired) electrons. The van der Waals surface area contributed by atoms with Crippen LogP contribution >= 0.6 is 11.3 Å². The molecule has 0 aliphatic carbocycles. The highest BCUT2D eigenvalue weighted by Crippen LogP contribution is 2.23. The zero-order valence-electron chi connectivity index (χ0n) is 17.5. The van der Waals surface area contributed by atoms with Crippen molar-refractivity contribution in [2.24, 2.45) is 0 Å². The predicted molar refractivity (Wildman–Crippen MR) is 117 cm³/mol. The van der Waals surface area contributed by atoms with Crippen LogP contribution in [0, 0.1) is 13.8 Å². The fraction of sp³-hybridized carbons (Fsp3) is 0.409. The number of hydrogen-bond acceptors (Lipinski definition) is 5. The lowest BCUT2D eigenvalue weighted by molar-refractivity contribution is -0.115. The summed E-state index contributed by atoms with van der Waals surface area (Å²) in [5.74, 6) is 0.599. The van der Waals surface area contributed by atoms with Gasteiger partial charge in [0.2, 0.25) is 11.0 Å². The molecular formula is C22H28N4O2S. The number of amides is 1. The van der Waals surface area contributed by atoms with Gasteiger partial charge in [-0.1, -0.05) is 25.8 Å². The van der Waals surface area contributed by atoms with Crippen LogP contribution in [-0.2, 0) is 17.6 Å². The van der Waals surface area contributed by atoms with E-state index in [2.05, 4.69) is 36.2 Å². The van der Waals surface area contributed by atoms with Gasteiger partial charge in [0.15, 0.2) is 0 Å². The summed E-state index contributed by atoms with van der Waals surface area (Å²) >= 11 is 1.51. The minimum absolute atomic E-state index is 0.108. The molecule has 1 aromatic carbocycles. The van der Waals surface area contributed by atoms with Crippen LogP contribution in [0.2, 0.25) is 0 Å². The SMILES string of the molecule is CCCCCc1c(C)nn(-c2nc(CC(=O)Nc3cccc(OC)c3)cs2)c1C. The van der Waals surface area contributed by atoms with E-state index in [0.717, 1.165) is 28.6 Å². The van der Waals surface area contributed by atoms with Gasteiger partial charge < -0.3 is 10.1 Å². The summed E-state index contributed by atoms with van der Waals surface area (Å²) in [7, 11) is 1.60. The molecule has 0 fully saturated rings. The maximum atomic E-state index is 12.4. The Kier molecular flexibility index (Phi) is 7.04. The number of rotatable bonds is 9. The summed E-state index contributed by atoms with van der Waals surface area (Å²) in [6.45, 7) is 6.36. The first-order chi connectivity index (χ1) is 14.0. The first kappa shape index (κ1) is 21.0. The van der Waals surface area contributed by atoms with E-state index in [-0.39, 0.29) is 12.3 Å². The van der Waals surface area contributed by atoms with Gasteiger partial charge in [0.1, 0.15) is 5.75 Å². The number of hydrogen-bond donors (Lipinski definition) is 1. The van der Waals surface area contributed by atoms with Crippen LogP contribution in [0.4, 0.5) is 5.69 Å². The molecule has 0 bridgehead atoms. The van der Waals surface area contributed by atoms with Crippen molar-refractivity contribution in [2.45, 2.75) is 52.9 Å². The quantitative estimate of drug-likeness (QED) is 0.509. The molecule has 7 heteroatoms. The van der Waals surface area contributed by atoms with Crippen LogP contribution in [0.25, 0.3) is 5.13 Å². The fourth-order valence-electron chi connectivity index (χ4n) is 3.32. The minimum Gasteiger partial charge on any atom is -0.497 e. The highest BCUT2D eigenvalue weighted by Gasteiger charge is 2.16. The maximum Gasteiger partial charge on any atom is 0.230 e. The first-order valence-corrected chi connectivity index (χ1v) is 10.8. The van der Waals surface area contributed by atoms with E-state index in [4.69, 9.17) is 4.74 Å². The molecule has 1 N–H and O–H groups in total. The molecule has 0 saturated carbocycles. The second kappa shape index (κ2) is 9.69. The highest BCUT2D eigenvalue weighted by molar-refractivity contribution is 7.12. The average molecular weight is 413 g/mol. The van der Waals surface area contributed by atoms with Crippen molar-refractivity contribution in [3.05, 3.63) is 52.3 Å². The summed E-state index contributed by atoms with van der Waals surface area (Å²) in [5.41, 5.74) is 4.96. The molecule has 6 nitrogen and oxygen atoms in total. The van der Waals surface area contributed by atoms with Gasteiger partial charge in [0.05, 0.1) is 24.9 Å². The molecule has 1 amide bonds. The fourth-order valence-corrected chi connectivity index (χ4v) is 4.15. The van der Waals surface area contributed by atoms with E-state index in [1.165, 1.54) is 36.2 Å². The molecular weight excluding hydrogens is 384 g/mol. The van der Waals surface area contributed by atoms with Gasteiger partial charge >= 0.3 is 0 Å². The third-order valence-corrected chi connectivity index (χ3v) is 5.75. The van der Waals surface area contributed by atoms with Gasteiger partial charge in [-0.05, 0) is 44.4 Å². The summed E-state index contributed by atoms with van der Waals surface area (Å²) in [6.07, 6.45) is 4.88. The Balaban J connectivity index is 1.67. The smallest absolute Gasteiger partial charge is 0.230 e. The summed E-state index contributed by atoms with van der Waals surface area (Å²) in [4.78, 5) is 17.0. The zero-order valence-corrected chi connectivity index (χ0v) is 18.3. The minimum atomic E-state index is -0.108. The molecule has 0 aliphatic heterocycles. The molecule has 0 unspecified atom stereocenters. The Morgan fingerprint density at radius 2 is 2.10 bits per heavy atom. The molecule has 3 aromatic rings. The third kappa shape index (κ3) is 5.23. The number of nitrogens with zero attached hydrogens (tertiary/aromatic N) is 3. The van der Waals surface area contributed by atoms with Crippen LogP contribution in [0.1, 0.15) is 48.8 Å². The van der Waals surface area contributed by atoms with E-state index in [1.807, 2.05) is 28.3 Å². The standard InChI is InChI=1S/C22H28N4O2S/c1-5-6-7-11-20-15(2)25-26(16(20)3)22-24-18(14-29-22)13-21(27)23-17-9-8-10-19(12-17)28-4/h8-10,12,14H,5-7,11,13H2,1-4H3,(H,23,27). The van der Waals surface area contributed by atoms with E-state index in [1.54, 1.807) is 13.2 Å². The van der Waals surface area contributed by atoms with Gasteiger partial charge in [0.25, 0.3) is 0 Å². The molecule has 29 heavy (non-hydrogen) atoms. The number of aromatic nitrogens is 3. The first-order valence-electron chi connectivity index (χ1n) is 9.95. The van der Waals surface area contributed by atoms with E-state index in [9.17, 15) is 4.79 Å². The molecule has 3 rings (SSSR count). The molecule has 2 heterocycles. The van der Waals surface area contributed by atoms with E-state index >= 15 is 0 Å². The van der Waals surface area contributed by atoms with Crippen molar-refractivity contribution in [3.8, 4) is 10.9 Å². The van der Waals surface area contributed by atoms with Gasteiger partial charge in [-0.25, -0.2) is 9.67 Å². The monoisotopic (exact) mass is 412 g/mol. The molecule has 154 valence electrons. The second-order valence-corrected chi connectivity index (χ2v) is 7.93. The lowest BCUT2D eigenvalue weighted by Crippen LogP contribution is -2.14. The second-order valence-electron chi connectivity index (χ2n) is 7.10. The van der Waals surface area contributed by atoms with Crippen LogP contribution in [0.3, 0.4) is 0 Å². The van der Waals surface area contributed by atoms with Crippen molar-refractivity contribution in [2.75, 3.05) is 12.4 Å². The van der Waals surface area contributed by atoms with Crippen molar-refractivity contribution in [1.82, 2.24) is 14.8 Å². The summed E-state index contributed by atoms with van der Waals surface area (Å²) in [5, 5.41) is 10.3. The number of aryl methyl sites for hydroxylation is 1. The topological polar surface area (TPSA) is 69.0 Å². The van der Waals surface area contributed by atoms with Gasteiger partial charge in [-0.15, -0.1) is 11.3 Å². The Morgan fingerprint density at radius 1 is 1.28 bits per heavy atom. The number of ether oxygens (including phenoxy) is 1. The zero-order chi connectivity index (χ0) is 20.8. The number of unbranched alkanes of at least 4 members (excludes halogenated alkanes) is 2. The number of carbonyl (C=O) groups is 1. The van der Waals surface area contributed by atoms with Crippen molar-refractivity contribution in [3.63, 3.8) is 0 Å². The Bertz CT molecular complexity index is 977. The van der Waals surface area contributed by atoms with Crippen LogP contribution < -0.4 is 10.1 Å². The lowest BCUT2D eigenvalue weighted by Gasteiger charge is -2.06. The van der Waals surface area contributed by atoms with Gasteiger partial charge in [0, 0.05) is 22.8 Å². The molecule has 0 aliphatic rings. The number of carbonyl (C=O) groups excluding carboxylic acids is 1. The van der Waals surface area contributed by atoms with E-state index in [0.29, 0.717) is 11.4 Å². The third-order valence-electron chi connectivity index (χ3n) is 4.89. The van der Waals surface area contributed by atoms with E-state index < -0.39 is 0 Å². The highest BCUT2D eigenvalue weighted by atomic mass is 32.1. The molecule has 2 aromatic heterocycles. The Labute approximate surface area is 175 Å². The predicted octanol–water partition coefficient (Wildman–Crippen LogP) is 4.87.